The van der Waals surface area contributed by atoms with Crippen molar-refractivity contribution in [2.75, 3.05) is 13.2 Å². The number of hydrogen-bond acceptors (Lipinski definition) is 5. The van der Waals surface area contributed by atoms with Gasteiger partial charge in [-0.25, -0.2) is 4.98 Å². The Bertz CT molecular complexity index is 1220. The number of benzene rings is 1. The predicted molar refractivity (Wildman–Crippen MR) is 139 cm³/mol. The van der Waals surface area contributed by atoms with Crippen molar-refractivity contribution in [2.24, 2.45) is 5.41 Å². The number of Topliss-reactive ketones (excluding diaryl/α,β-unsaturated/α-hetero) is 1. The van der Waals surface area contributed by atoms with Gasteiger partial charge in [0.05, 0.1) is 30.6 Å². The van der Waals surface area contributed by atoms with Crippen molar-refractivity contribution in [2.45, 2.75) is 82.3 Å². The molecule has 0 saturated carbocycles. The van der Waals surface area contributed by atoms with Gasteiger partial charge in [-0.1, -0.05) is 44.0 Å². The van der Waals surface area contributed by atoms with Crippen LogP contribution in [0.2, 0.25) is 0 Å². The number of H-pyrrole nitrogens is 1. The third kappa shape index (κ3) is 4.68. The van der Waals surface area contributed by atoms with E-state index in [1.54, 1.807) is 0 Å². The maximum Gasteiger partial charge on any atom is 0.202 e. The number of rotatable bonds is 7. The van der Waals surface area contributed by atoms with Crippen LogP contribution in [0.4, 0.5) is 0 Å². The highest BCUT2D eigenvalue weighted by molar-refractivity contribution is 5.95. The summed E-state index contributed by atoms with van der Waals surface area (Å²) >= 11 is 0. The Morgan fingerprint density at radius 1 is 1.19 bits per heavy atom. The summed E-state index contributed by atoms with van der Waals surface area (Å²) in [6, 6.07) is 6.43. The summed E-state index contributed by atoms with van der Waals surface area (Å²) in [6.45, 7) is 4.52. The van der Waals surface area contributed by atoms with Crippen molar-refractivity contribution in [1.29, 1.82) is 0 Å². The van der Waals surface area contributed by atoms with Gasteiger partial charge in [-0.2, -0.15) is 0 Å². The van der Waals surface area contributed by atoms with Crippen LogP contribution in [0.3, 0.4) is 0 Å². The van der Waals surface area contributed by atoms with E-state index in [1.165, 1.54) is 17.3 Å². The van der Waals surface area contributed by atoms with Crippen LogP contribution in [-0.4, -0.2) is 50.4 Å². The fraction of sp³-hybridized carbons (Fsp3) is 0.533. The zero-order chi connectivity index (χ0) is 25.6. The van der Waals surface area contributed by atoms with Crippen molar-refractivity contribution in [1.82, 2.24) is 9.97 Å². The van der Waals surface area contributed by atoms with Crippen molar-refractivity contribution in [3.63, 3.8) is 0 Å². The van der Waals surface area contributed by atoms with E-state index in [0.29, 0.717) is 5.69 Å². The molecule has 6 heteroatoms. The van der Waals surface area contributed by atoms with Crippen LogP contribution >= 0.6 is 0 Å². The summed E-state index contributed by atoms with van der Waals surface area (Å²) in [6.07, 6.45) is 15.6. The minimum absolute atomic E-state index is 0.0340. The standard InChI is InChI=1S/C30H36N2O4/c1-4-24-17-31-27(32-24)26(35)14-22-6-5-21(13-25(22)20-7-9-28(2,3)10-8-20)23-15-29(18-33)11-12-30(16-23,19-34)36-29/h1,5-7,13,17,23,33-34H,8-12,14-16,18-19H2,2-3H3,(H,31,32)/t23?,29-,30+. The highest BCUT2D eigenvalue weighted by Gasteiger charge is 2.55. The Morgan fingerprint density at radius 2 is 1.92 bits per heavy atom. The van der Waals surface area contributed by atoms with Crippen LogP contribution in [0.5, 0.6) is 0 Å². The molecule has 2 saturated heterocycles. The summed E-state index contributed by atoms with van der Waals surface area (Å²) in [5.41, 5.74) is 4.18. The second-order valence-electron chi connectivity index (χ2n) is 11.8. The van der Waals surface area contributed by atoms with E-state index >= 15 is 0 Å². The van der Waals surface area contributed by atoms with Gasteiger partial charge in [-0.05, 0) is 78.5 Å². The van der Waals surface area contributed by atoms with Gasteiger partial charge in [-0.15, -0.1) is 6.42 Å². The van der Waals surface area contributed by atoms with Gasteiger partial charge in [-0.3, -0.25) is 4.79 Å². The number of aliphatic hydroxyl groups is 2. The SMILES string of the molecule is C#Cc1cnc(C(=O)Cc2ccc(C3C[C@]4(CO)CC[C@](CO)(C3)O4)cc2C2=CCC(C)(C)CC2)[nH]1. The molecular formula is C30H36N2O4. The summed E-state index contributed by atoms with van der Waals surface area (Å²) in [5.74, 6) is 2.85. The fourth-order valence-corrected chi connectivity index (χ4v) is 6.28. The van der Waals surface area contributed by atoms with Crippen LogP contribution in [0.1, 0.15) is 97.7 Å². The van der Waals surface area contributed by atoms with Crippen LogP contribution in [0.25, 0.3) is 5.57 Å². The van der Waals surface area contributed by atoms with Gasteiger partial charge in [0.1, 0.15) is 5.69 Å². The van der Waals surface area contributed by atoms with E-state index in [4.69, 9.17) is 11.2 Å². The normalized spacial score (nSPS) is 29.0. The molecule has 1 unspecified atom stereocenters. The number of ether oxygens (including phenoxy) is 1. The van der Waals surface area contributed by atoms with Crippen molar-refractivity contribution < 1.29 is 19.7 Å². The van der Waals surface area contributed by atoms with Gasteiger partial charge in [0.15, 0.2) is 5.82 Å². The van der Waals surface area contributed by atoms with Gasteiger partial charge in [0.25, 0.3) is 0 Å². The molecule has 3 atom stereocenters. The number of hydrogen-bond donors (Lipinski definition) is 3. The lowest BCUT2D eigenvalue weighted by Gasteiger charge is -2.43. The number of ketones is 1. The molecule has 1 aliphatic carbocycles. The number of allylic oxidation sites excluding steroid dienone is 2. The summed E-state index contributed by atoms with van der Waals surface area (Å²) in [5, 5.41) is 20.3. The van der Waals surface area contributed by atoms with Crippen molar-refractivity contribution in [3.05, 3.63) is 58.7 Å². The highest BCUT2D eigenvalue weighted by Crippen LogP contribution is 2.53. The molecule has 1 aromatic carbocycles. The maximum absolute atomic E-state index is 13.1. The first kappa shape index (κ1) is 25.0. The topological polar surface area (TPSA) is 95.4 Å². The second kappa shape index (κ2) is 9.30. The third-order valence-corrected chi connectivity index (χ3v) is 8.55. The van der Waals surface area contributed by atoms with E-state index in [-0.39, 0.29) is 42.6 Å². The van der Waals surface area contributed by atoms with E-state index in [0.717, 1.165) is 56.1 Å². The number of aliphatic hydroxyl groups excluding tert-OH is 2. The van der Waals surface area contributed by atoms with Gasteiger partial charge < -0.3 is 19.9 Å². The third-order valence-electron chi connectivity index (χ3n) is 8.55. The number of fused-ring (bicyclic) bond motifs is 2. The van der Waals surface area contributed by atoms with Crippen molar-refractivity contribution in [3.8, 4) is 12.3 Å². The molecular weight excluding hydrogens is 452 g/mol. The van der Waals surface area contributed by atoms with E-state index in [9.17, 15) is 15.0 Å². The number of aromatic amines is 1. The van der Waals surface area contributed by atoms with Crippen LogP contribution in [-0.2, 0) is 11.2 Å². The molecule has 0 radical (unpaired) electrons. The molecule has 3 aliphatic rings. The number of terminal acetylenes is 1. The molecule has 190 valence electrons. The van der Waals surface area contributed by atoms with Gasteiger partial charge in [0, 0.05) is 6.42 Å². The molecule has 2 aromatic rings. The van der Waals surface area contributed by atoms with Crippen LogP contribution < -0.4 is 0 Å². The Balaban J connectivity index is 1.49. The fourth-order valence-electron chi connectivity index (χ4n) is 6.28. The number of imidazole rings is 1. The number of aromatic nitrogens is 2. The molecule has 3 N–H and O–H groups in total. The highest BCUT2D eigenvalue weighted by atomic mass is 16.6. The first-order valence-electron chi connectivity index (χ1n) is 13.0. The Morgan fingerprint density at radius 3 is 2.50 bits per heavy atom. The lowest BCUT2D eigenvalue weighted by Crippen LogP contribution is -2.47. The molecule has 2 fully saturated rings. The lowest BCUT2D eigenvalue weighted by molar-refractivity contribution is -0.177. The monoisotopic (exact) mass is 488 g/mol. The summed E-state index contributed by atoms with van der Waals surface area (Å²) < 4.78 is 6.25. The van der Waals surface area contributed by atoms with Crippen molar-refractivity contribution >= 4 is 11.4 Å². The van der Waals surface area contributed by atoms with Crippen LogP contribution in [0.15, 0.2) is 30.5 Å². The second-order valence-corrected chi connectivity index (χ2v) is 11.8. The molecule has 2 aliphatic heterocycles. The maximum atomic E-state index is 13.1. The molecule has 0 spiro atoms. The van der Waals surface area contributed by atoms with E-state index in [1.807, 2.05) is 0 Å². The minimum atomic E-state index is -0.581. The average molecular weight is 489 g/mol. The van der Waals surface area contributed by atoms with E-state index < -0.39 is 11.2 Å². The first-order valence-corrected chi connectivity index (χ1v) is 13.0. The largest absolute Gasteiger partial charge is 0.393 e. The quantitative estimate of drug-likeness (QED) is 0.392. The molecule has 36 heavy (non-hydrogen) atoms. The summed E-state index contributed by atoms with van der Waals surface area (Å²) in [7, 11) is 0. The van der Waals surface area contributed by atoms with Crippen LogP contribution in [0, 0.1) is 17.8 Å². The number of nitrogens with one attached hydrogen (secondary N) is 1. The molecule has 2 bridgehead atoms. The van der Waals surface area contributed by atoms with Gasteiger partial charge in [0.2, 0.25) is 5.78 Å². The molecule has 6 nitrogen and oxygen atoms in total. The number of carbonyl (C=O) groups is 1. The smallest absolute Gasteiger partial charge is 0.202 e. The molecule has 5 rings (SSSR count). The Kier molecular flexibility index (Phi) is 6.45. The van der Waals surface area contributed by atoms with Gasteiger partial charge >= 0.3 is 0 Å². The first-order chi connectivity index (χ1) is 17.2. The zero-order valence-electron chi connectivity index (χ0n) is 21.3. The lowest BCUT2D eigenvalue weighted by atomic mass is 9.75. The molecule has 0 amide bonds. The average Bonchev–Trinajstić information content (AvgIpc) is 3.47. The van der Waals surface area contributed by atoms with E-state index in [2.05, 4.69) is 54.0 Å². The molecule has 1 aromatic heterocycles. The Labute approximate surface area is 213 Å². The Hall–Kier alpha value is -2.72. The predicted octanol–water partition coefficient (Wildman–Crippen LogP) is 4.56. The number of nitrogens with zero attached hydrogens (tertiary/aromatic N) is 1. The number of carbonyl (C=O) groups excluding carboxylic acids is 1. The molecule has 3 heterocycles. The summed E-state index contributed by atoms with van der Waals surface area (Å²) in [4.78, 5) is 20.2. The minimum Gasteiger partial charge on any atom is -0.393 e. The zero-order valence-corrected chi connectivity index (χ0v) is 21.3.